The van der Waals surface area contributed by atoms with Gasteiger partial charge < -0.3 is 15.5 Å². The molecule has 1 aliphatic rings. The van der Waals surface area contributed by atoms with Crippen LogP contribution in [0, 0.1) is 0 Å². The van der Waals surface area contributed by atoms with E-state index in [0.29, 0.717) is 24.4 Å². The Kier molecular flexibility index (Phi) is 8.33. The van der Waals surface area contributed by atoms with Crippen LogP contribution in [0.5, 0.6) is 0 Å². The molecule has 2 aromatic heterocycles. The van der Waals surface area contributed by atoms with Crippen LogP contribution in [-0.4, -0.2) is 58.2 Å². The number of hydrogen-bond acceptors (Lipinski definition) is 6. The van der Waals surface area contributed by atoms with Crippen molar-refractivity contribution in [2.24, 2.45) is 5.73 Å². The van der Waals surface area contributed by atoms with E-state index in [0.717, 1.165) is 43.8 Å². The molecule has 0 spiro atoms. The number of pyridine rings is 1. The van der Waals surface area contributed by atoms with Gasteiger partial charge in [-0.05, 0) is 67.3 Å². The molecule has 0 saturated carbocycles. The summed E-state index contributed by atoms with van der Waals surface area (Å²) < 4.78 is 0. The number of thiophene rings is 1. The molecule has 1 unspecified atom stereocenters. The van der Waals surface area contributed by atoms with Gasteiger partial charge in [-0.1, -0.05) is 0 Å². The first-order chi connectivity index (χ1) is 13.7. The summed E-state index contributed by atoms with van der Waals surface area (Å²) >= 11 is 3.28. The molecule has 0 aromatic carbocycles. The first kappa shape index (κ1) is 21.3. The van der Waals surface area contributed by atoms with Gasteiger partial charge in [0.25, 0.3) is 0 Å². The summed E-state index contributed by atoms with van der Waals surface area (Å²) in [7, 11) is 0. The van der Waals surface area contributed by atoms with Crippen molar-refractivity contribution in [1.82, 2.24) is 14.8 Å². The van der Waals surface area contributed by atoms with Crippen LogP contribution in [0.25, 0.3) is 0 Å². The van der Waals surface area contributed by atoms with E-state index in [-0.39, 0.29) is 5.91 Å². The van der Waals surface area contributed by atoms with Crippen molar-refractivity contribution < 1.29 is 4.79 Å². The number of thioether (sulfide) groups is 1. The maximum atomic E-state index is 13.1. The normalized spacial score (nSPS) is 16.8. The molecule has 1 atom stereocenters. The van der Waals surface area contributed by atoms with E-state index in [1.54, 1.807) is 35.5 Å². The summed E-state index contributed by atoms with van der Waals surface area (Å²) in [6.45, 7) is 5.78. The Morgan fingerprint density at radius 2 is 2.11 bits per heavy atom. The third kappa shape index (κ3) is 6.04. The molecule has 0 radical (unpaired) electrons. The molecule has 1 saturated heterocycles. The van der Waals surface area contributed by atoms with E-state index < -0.39 is 0 Å². The lowest BCUT2D eigenvalue weighted by molar-refractivity contribution is -0.132. The second-order valence-corrected chi connectivity index (χ2v) is 9.15. The van der Waals surface area contributed by atoms with Gasteiger partial charge in [0.1, 0.15) is 0 Å². The highest BCUT2D eigenvalue weighted by Gasteiger charge is 2.29. The Bertz CT molecular complexity index is 702. The zero-order valence-electron chi connectivity index (χ0n) is 16.5. The molecule has 3 heterocycles. The molecule has 28 heavy (non-hydrogen) atoms. The SMILES string of the molecule is CC(CCN)N1CCC(N(Cc2ccsc2)C(=O)CSc2ccncc2)CC1. The number of hydrogen-bond donors (Lipinski definition) is 1. The average molecular weight is 419 g/mol. The Morgan fingerprint density at radius 1 is 1.36 bits per heavy atom. The van der Waals surface area contributed by atoms with Crippen molar-refractivity contribution in [1.29, 1.82) is 0 Å². The molecule has 2 N–H and O–H groups in total. The van der Waals surface area contributed by atoms with Crippen LogP contribution in [0.1, 0.15) is 31.7 Å². The number of piperidine rings is 1. The fourth-order valence-electron chi connectivity index (χ4n) is 3.72. The number of likely N-dealkylation sites (tertiary alicyclic amines) is 1. The Balaban J connectivity index is 1.61. The molecule has 152 valence electrons. The fourth-order valence-corrected chi connectivity index (χ4v) is 5.15. The van der Waals surface area contributed by atoms with E-state index in [4.69, 9.17) is 5.73 Å². The van der Waals surface area contributed by atoms with E-state index in [9.17, 15) is 4.79 Å². The molecular formula is C21H30N4OS2. The summed E-state index contributed by atoms with van der Waals surface area (Å²) in [5.41, 5.74) is 6.95. The summed E-state index contributed by atoms with van der Waals surface area (Å²) in [4.78, 5) is 22.9. The van der Waals surface area contributed by atoms with Gasteiger partial charge >= 0.3 is 0 Å². The standard InChI is InChI=1S/C21H30N4OS2/c1-17(2-8-22)24-11-5-19(6-12-24)25(14-18-7-13-27-15-18)21(26)16-28-20-3-9-23-10-4-20/h3-4,7,9-10,13,15,17,19H,2,5-6,8,11-12,14,16,22H2,1H3. The smallest absolute Gasteiger partial charge is 0.233 e. The van der Waals surface area contributed by atoms with Gasteiger partial charge in [-0.25, -0.2) is 0 Å². The van der Waals surface area contributed by atoms with Gasteiger partial charge in [0.2, 0.25) is 5.91 Å². The van der Waals surface area contributed by atoms with Crippen molar-refractivity contribution in [2.45, 2.75) is 49.7 Å². The minimum absolute atomic E-state index is 0.224. The largest absolute Gasteiger partial charge is 0.335 e. The van der Waals surface area contributed by atoms with Crippen molar-refractivity contribution in [3.8, 4) is 0 Å². The maximum absolute atomic E-state index is 13.1. The Morgan fingerprint density at radius 3 is 2.75 bits per heavy atom. The second kappa shape index (κ2) is 11.0. The van der Waals surface area contributed by atoms with Crippen LogP contribution < -0.4 is 5.73 Å². The number of nitrogens with two attached hydrogens (primary N) is 1. The zero-order chi connectivity index (χ0) is 19.8. The number of amides is 1. The highest BCUT2D eigenvalue weighted by molar-refractivity contribution is 8.00. The maximum Gasteiger partial charge on any atom is 0.233 e. The number of carbonyl (C=O) groups excluding carboxylic acids is 1. The fraction of sp³-hybridized carbons (Fsp3) is 0.524. The van der Waals surface area contributed by atoms with Crippen LogP contribution in [0.15, 0.2) is 46.2 Å². The lowest BCUT2D eigenvalue weighted by atomic mass is 10.00. The predicted octanol–water partition coefficient (Wildman–Crippen LogP) is 3.47. The molecule has 2 aromatic rings. The molecule has 3 rings (SSSR count). The monoisotopic (exact) mass is 418 g/mol. The van der Waals surface area contributed by atoms with Crippen molar-refractivity contribution in [3.05, 3.63) is 46.9 Å². The van der Waals surface area contributed by atoms with E-state index in [1.165, 1.54) is 5.56 Å². The van der Waals surface area contributed by atoms with Crippen LogP contribution >= 0.6 is 23.1 Å². The van der Waals surface area contributed by atoms with Crippen LogP contribution in [0.3, 0.4) is 0 Å². The lowest BCUT2D eigenvalue weighted by Gasteiger charge is -2.40. The Labute approximate surface area is 176 Å². The number of carbonyl (C=O) groups is 1. The van der Waals surface area contributed by atoms with Gasteiger partial charge in [-0.2, -0.15) is 11.3 Å². The molecule has 1 aliphatic heterocycles. The van der Waals surface area contributed by atoms with Crippen LogP contribution in [0.4, 0.5) is 0 Å². The topological polar surface area (TPSA) is 62.5 Å². The third-order valence-electron chi connectivity index (χ3n) is 5.41. The number of nitrogens with zero attached hydrogens (tertiary/aromatic N) is 3. The summed E-state index contributed by atoms with van der Waals surface area (Å²) in [5.74, 6) is 0.694. The van der Waals surface area contributed by atoms with Crippen LogP contribution in [-0.2, 0) is 11.3 Å². The van der Waals surface area contributed by atoms with Gasteiger partial charge in [-0.15, -0.1) is 11.8 Å². The summed E-state index contributed by atoms with van der Waals surface area (Å²) in [5, 5.41) is 4.23. The van der Waals surface area contributed by atoms with E-state index in [2.05, 4.69) is 38.5 Å². The van der Waals surface area contributed by atoms with Crippen molar-refractivity contribution >= 4 is 29.0 Å². The summed E-state index contributed by atoms with van der Waals surface area (Å²) in [6, 6.07) is 6.87. The highest BCUT2D eigenvalue weighted by Crippen LogP contribution is 2.24. The Hall–Kier alpha value is -1.41. The molecule has 0 aliphatic carbocycles. The number of rotatable bonds is 9. The molecule has 0 bridgehead atoms. The van der Waals surface area contributed by atoms with Crippen molar-refractivity contribution in [3.63, 3.8) is 0 Å². The average Bonchev–Trinajstić information content (AvgIpc) is 3.25. The second-order valence-electron chi connectivity index (χ2n) is 7.32. The summed E-state index contributed by atoms with van der Waals surface area (Å²) in [6.07, 6.45) is 6.64. The first-order valence-electron chi connectivity index (χ1n) is 9.95. The minimum atomic E-state index is 0.224. The van der Waals surface area contributed by atoms with Gasteiger partial charge in [0, 0.05) is 49.0 Å². The molecular weight excluding hydrogens is 388 g/mol. The van der Waals surface area contributed by atoms with Gasteiger partial charge in [0.15, 0.2) is 0 Å². The zero-order valence-corrected chi connectivity index (χ0v) is 18.1. The van der Waals surface area contributed by atoms with Crippen LogP contribution in [0.2, 0.25) is 0 Å². The quantitative estimate of drug-likeness (QED) is 0.632. The molecule has 1 amide bonds. The predicted molar refractivity (Wildman–Crippen MR) is 118 cm³/mol. The molecule has 1 fully saturated rings. The first-order valence-corrected chi connectivity index (χ1v) is 11.9. The van der Waals surface area contributed by atoms with E-state index in [1.807, 2.05) is 12.1 Å². The van der Waals surface area contributed by atoms with E-state index >= 15 is 0 Å². The highest BCUT2D eigenvalue weighted by atomic mass is 32.2. The van der Waals surface area contributed by atoms with Gasteiger partial charge in [0.05, 0.1) is 5.75 Å². The number of aromatic nitrogens is 1. The lowest BCUT2D eigenvalue weighted by Crippen LogP contribution is -2.49. The molecule has 7 heteroatoms. The third-order valence-corrected chi connectivity index (χ3v) is 7.14. The van der Waals surface area contributed by atoms with Crippen molar-refractivity contribution in [2.75, 3.05) is 25.4 Å². The van der Waals surface area contributed by atoms with Gasteiger partial charge in [-0.3, -0.25) is 9.78 Å². The molecule has 5 nitrogen and oxygen atoms in total. The minimum Gasteiger partial charge on any atom is -0.335 e.